The molecule has 3 aromatic carbocycles. The van der Waals surface area contributed by atoms with Gasteiger partial charge in [0.15, 0.2) is 6.29 Å². The molecule has 2 aliphatic rings. The SMILES string of the molecule is CCCCCCCCCCCCCCCC(=O)Nc1cccc(C2O[C@H](CN3CCC(n4c(=O)[nH]c5ccccc54)CC3)[C@H](C)[C@H](c3ccc(CO)cc3)O2)c1. The average molecular weight is 767 g/mol. The van der Waals surface area contributed by atoms with E-state index < -0.39 is 6.29 Å². The van der Waals surface area contributed by atoms with Crippen molar-refractivity contribution >= 4 is 22.6 Å². The summed E-state index contributed by atoms with van der Waals surface area (Å²) >= 11 is 0. The second-order valence-corrected chi connectivity index (χ2v) is 16.3. The Hall–Kier alpha value is -3.76. The van der Waals surface area contributed by atoms with Crippen LogP contribution in [0.25, 0.3) is 11.0 Å². The van der Waals surface area contributed by atoms with E-state index in [0.29, 0.717) is 6.42 Å². The molecule has 0 spiro atoms. The van der Waals surface area contributed by atoms with Gasteiger partial charge >= 0.3 is 5.69 Å². The highest BCUT2D eigenvalue weighted by Gasteiger charge is 2.40. The molecule has 1 aromatic heterocycles. The van der Waals surface area contributed by atoms with Gasteiger partial charge in [-0.2, -0.15) is 0 Å². The maximum absolute atomic E-state index is 13.0. The van der Waals surface area contributed by atoms with Gasteiger partial charge in [0.2, 0.25) is 5.91 Å². The number of H-pyrrole nitrogens is 1. The third kappa shape index (κ3) is 11.7. The average Bonchev–Trinajstić information content (AvgIpc) is 3.56. The van der Waals surface area contributed by atoms with E-state index >= 15 is 0 Å². The fourth-order valence-corrected chi connectivity index (χ4v) is 8.67. The summed E-state index contributed by atoms with van der Waals surface area (Å²) in [6, 6.07) is 23.9. The van der Waals surface area contributed by atoms with Crippen molar-refractivity contribution in [2.75, 3.05) is 25.0 Å². The van der Waals surface area contributed by atoms with Gasteiger partial charge in [0.05, 0.1) is 29.8 Å². The number of likely N-dealkylation sites (tertiary alicyclic amines) is 1. The van der Waals surface area contributed by atoms with Gasteiger partial charge in [0.25, 0.3) is 0 Å². The number of piperidine rings is 1. The van der Waals surface area contributed by atoms with Crippen LogP contribution in [0.3, 0.4) is 0 Å². The Morgan fingerprint density at radius 2 is 1.46 bits per heavy atom. The molecule has 2 fully saturated rings. The van der Waals surface area contributed by atoms with E-state index in [1.165, 1.54) is 70.6 Å². The Labute approximate surface area is 334 Å². The number of imidazole rings is 1. The number of nitrogens with one attached hydrogen (secondary N) is 2. The standard InChI is InChI=1S/C47H66N4O5/c1-3-4-5-6-7-8-9-10-11-12-13-14-15-23-44(53)48-39-20-18-19-38(32-39)46-55-43(35(2)45(56-46)37-26-24-36(34-52)25-27-37)33-50-30-28-40(29-31-50)51-42-22-17-16-21-41(42)49-47(51)54/h16-22,24-27,32,35,40,43,45-46,52H,3-15,23,28-31,33-34H2,1-2H3,(H,48,53)(H,49,54)/t35-,43+,45+,46?/m0/s1. The maximum atomic E-state index is 13.0. The maximum Gasteiger partial charge on any atom is 0.326 e. The zero-order chi connectivity index (χ0) is 39.1. The van der Waals surface area contributed by atoms with Gasteiger partial charge in [0.1, 0.15) is 0 Å². The zero-order valence-electron chi connectivity index (χ0n) is 33.9. The fourth-order valence-electron chi connectivity index (χ4n) is 8.67. The van der Waals surface area contributed by atoms with Crippen LogP contribution in [-0.4, -0.2) is 51.2 Å². The monoisotopic (exact) mass is 767 g/mol. The van der Waals surface area contributed by atoms with Gasteiger partial charge in [-0.05, 0) is 54.7 Å². The first kappa shape index (κ1) is 41.9. The topological polar surface area (TPSA) is 109 Å². The Morgan fingerprint density at radius 1 is 0.804 bits per heavy atom. The molecule has 2 aliphatic heterocycles. The van der Waals surface area contributed by atoms with E-state index in [0.717, 1.165) is 78.7 Å². The number of unbranched alkanes of at least 4 members (excludes halogenated alkanes) is 12. The number of ether oxygens (including phenoxy) is 2. The minimum absolute atomic E-state index is 0.00574. The van der Waals surface area contributed by atoms with Crippen molar-refractivity contribution in [2.24, 2.45) is 5.92 Å². The van der Waals surface area contributed by atoms with Crippen LogP contribution in [0.15, 0.2) is 77.6 Å². The van der Waals surface area contributed by atoms with E-state index in [-0.39, 0.29) is 42.4 Å². The quantitative estimate of drug-likeness (QED) is 0.0729. The summed E-state index contributed by atoms with van der Waals surface area (Å²) in [7, 11) is 0. The molecular formula is C47H66N4O5. The van der Waals surface area contributed by atoms with E-state index in [4.69, 9.17) is 9.47 Å². The number of amides is 1. The van der Waals surface area contributed by atoms with Crippen molar-refractivity contribution in [2.45, 2.75) is 148 Å². The molecule has 1 amide bonds. The summed E-state index contributed by atoms with van der Waals surface area (Å²) in [6.07, 6.45) is 18.0. The number of benzene rings is 3. The molecule has 6 rings (SSSR count). The highest BCUT2D eigenvalue weighted by Crippen LogP contribution is 2.42. The first-order chi connectivity index (χ1) is 27.4. The molecule has 56 heavy (non-hydrogen) atoms. The normalized spacial score (nSPS) is 20.8. The predicted octanol–water partition coefficient (Wildman–Crippen LogP) is 10.4. The predicted molar refractivity (Wildman–Crippen MR) is 226 cm³/mol. The summed E-state index contributed by atoms with van der Waals surface area (Å²) in [5, 5.41) is 12.8. The smallest absolute Gasteiger partial charge is 0.326 e. The summed E-state index contributed by atoms with van der Waals surface area (Å²) in [6.45, 7) is 6.94. The number of rotatable bonds is 21. The highest BCUT2D eigenvalue weighted by atomic mass is 16.7. The second kappa shape index (κ2) is 21.7. The van der Waals surface area contributed by atoms with Crippen molar-refractivity contribution in [3.05, 3.63) is 100.0 Å². The number of aromatic nitrogens is 2. The lowest BCUT2D eigenvalue weighted by molar-refractivity contribution is -0.276. The number of carbonyl (C=O) groups is 1. The molecule has 0 aliphatic carbocycles. The third-order valence-electron chi connectivity index (χ3n) is 12.1. The lowest BCUT2D eigenvalue weighted by atomic mass is 9.89. The molecule has 4 atom stereocenters. The van der Waals surface area contributed by atoms with Crippen molar-refractivity contribution in [1.29, 1.82) is 0 Å². The number of aliphatic hydroxyl groups excluding tert-OH is 1. The summed E-state index contributed by atoms with van der Waals surface area (Å²) < 4.78 is 15.5. The molecule has 3 N–H and O–H groups in total. The first-order valence-electron chi connectivity index (χ1n) is 21.8. The Balaban J connectivity index is 1.01. The number of para-hydroxylation sites is 2. The fraction of sp³-hybridized carbons (Fsp3) is 0.574. The van der Waals surface area contributed by atoms with Gasteiger partial charge in [-0.15, -0.1) is 0 Å². The molecule has 9 nitrogen and oxygen atoms in total. The van der Waals surface area contributed by atoms with Crippen LogP contribution in [0.1, 0.15) is 152 Å². The minimum atomic E-state index is -0.612. The Bertz CT molecular complexity index is 1830. The second-order valence-electron chi connectivity index (χ2n) is 16.3. The minimum Gasteiger partial charge on any atom is -0.392 e. The van der Waals surface area contributed by atoms with Gasteiger partial charge in [-0.25, -0.2) is 4.79 Å². The molecule has 3 heterocycles. The molecule has 4 aromatic rings. The number of anilines is 1. The molecule has 304 valence electrons. The van der Waals surface area contributed by atoms with Crippen molar-refractivity contribution < 1.29 is 19.4 Å². The van der Waals surface area contributed by atoms with E-state index in [1.807, 2.05) is 77.4 Å². The summed E-state index contributed by atoms with van der Waals surface area (Å²) in [5.41, 5.74) is 5.34. The van der Waals surface area contributed by atoms with Crippen molar-refractivity contribution in [1.82, 2.24) is 14.5 Å². The van der Waals surface area contributed by atoms with Gasteiger partial charge in [0, 0.05) is 49.3 Å². The van der Waals surface area contributed by atoms with Crippen LogP contribution in [-0.2, 0) is 20.9 Å². The number of aromatic amines is 1. The largest absolute Gasteiger partial charge is 0.392 e. The van der Waals surface area contributed by atoms with Crippen LogP contribution in [0, 0.1) is 5.92 Å². The van der Waals surface area contributed by atoms with Crippen LogP contribution >= 0.6 is 0 Å². The Morgan fingerprint density at radius 3 is 2.14 bits per heavy atom. The lowest BCUT2D eigenvalue weighted by Gasteiger charge is -2.44. The van der Waals surface area contributed by atoms with Crippen LogP contribution in [0.4, 0.5) is 5.69 Å². The number of fused-ring (bicyclic) bond motifs is 1. The summed E-state index contributed by atoms with van der Waals surface area (Å²) in [5.74, 6) is 0.103. The number of hydrogen-bond acceptors (Lipinski definition) is 6. The molecule has 0 bridgehead atoms. The number of hydrogen-bond donors (Lipinski definition) is 3. The van der Waals surface area contributed by atoms with Crippen LogP contribution in [0.2, 0.25) is 0 Å². The van der Waals surface area contributed by atoms with Crippen LogP contribution in [0.5, 0.6) is 0 Å². The van der Waals surface area contributed by atoms with Crippen molar-refractivity contribution in [3.63, 3.8) is 0 Å². The lowest BCUT2D eigenvalue weighted by Crippen LogP contribution is -2.47. The summed E-state index contributed by atoms with van der Waals surface area (Å²) in [4.78, 5) is 31.4. The van der Waals surface area contributed by atoms with Gasteiger partial charge < -0.3 is 29.8 Å². The first-order valence-corrected chi connectivity index (χ1v) is 21.8. The van der Waals surface area contributed by atoms with E-state index in [2.05, 4.69) is 29.0 Å². The molecule has 1 unspecified atom stereocenters. The highest BCUT2D eigenvalue weighted by molar-refractivity contribution is 5.90. The molecular weight excluding hydrogens is 701 g/mol. The van der Waals surface area contributed by atoms with Crippen molar-refractivity contribution in [3.8, 4) is 0 Å². The number of nitrogens with zero attached hydrogens (tertiary/aromatic N) is 2. The molecule has 0 saturated carbocycles. The van der Waals surface area contributed by atoms with E-state index in [9.17, 15) is 14.7 Å². The zero-order valence-corrected chi connectivity index (χ0v) is 33.9. The molecule has 2 saturated heterocycles. The molecule has 0 radical (unpaired) electrons. The Kier molecular flexibility index (Phi) is 16.2. The van der Waals surface area contributed by atoms with Gasteiger partial charge in [-0.1, -0.05) is 139 Å². The van der Waals surface area contributed by atoms with E-state index in [1.54, 1.807) is 0 Å². The molecule has 9 heteroatoms. The number of carbonyl (C=O) groups excluding carboxylic acids is 1. The third-order valence-corrected chi connectivity index (χ3v) is 12.1. The number of aliphatic hydroxyl groups is 1. The van der Waals surface area contributed by atoms with Crippen LogP contribution < -0.4 is 11.0 Å². The van der Waals surface area contributed by atoms with Gasteiger partial charge in [-0.3, -0.25) is 9.36 Å².